The Bertz CT molecular complexity index is 852. The van der Waals surface area contributed by atoms with E-state index in [0.29, 0.717) is 29.6 Å². The van der Waals surface area contributed by atoms with E-state index in [-0.39, 0.29) is 23.9 Å². The lowest BCUT2D eigenvalue weighted by atomic mass is 9.25. The molecular weight excluding hydrogens is 384 g/mol. The summed E-state index contributed by atoms with van der Waals surface area (Å²) in [6, 6.07) is 10.1. The molecule has 1 unspecified atom stereocenters. The van der Waals surface area contributed by atoms with E-state index in [9.17, 15) is 9.90 Å². The van der Waals surface area contributed by atoms with E-state index in [4.69, 9.17) is 4.74 Å². The summed E-state index contributed by atoms with van der Waals surface area (Å²) < 4.78 is 6.52. The van der Waals surface area contributed by atoms with E-state index in [2.05, 4.69) is 20.8 Å². The zero-order valence-corrected chi connectivity index (χ0v) is 19.3. The normalized spacial score (nSPS) is 49.7. The number of carbonyl (C=O) groups is 1. The molecule has 0 heterocycles. The number of aliphatic hydroxyl groups is 1. The fourth-order valence-electron chi connectivity index (χ4n) is 9.44. The zero-order valence-electron chi connectivity index (χ0n) is 19.3. The summed E-state index contributed by atoms with van der Waals surface area (Å²) in [5.74, 6) is 3.62. The average molecular weight is 423 g/mol. The van der Waals surface area contributed by atoms with E-state index in [1.165, 1.54) is 12.8 Å². The molecule has 7 aliphatic carbocycles. The summed E-state index contributed by atoms with van der Waals surface area (Å²) in [5.41, 5.74) is -0.835. The molecule has 0 aromatic heterocycles. The van der Waals surface area contributed by atoms with Gasteiger partial charge >= 0.3 is 5.97 Å². The second kappa shape index (κ2) is 6.83. The third-order valence-electron chi connectivity index (χ3n) is 10.5. The predicted octanol–water partition coefficient (Wildman–Crippen LogP) is 5.56. The van der Waals surface area contributed by atoms with Gasteiger partial charge in [-0.3, -0.25) is 4.79 Å². The van der Waals surface area contributed by atoms with Crippen molar-refractivity contribution in [1.29, 1.82) is 0 Å². The summed E-state index contributed by atoms with van der Waals surface area (Å²) in [4.78, 5) is 14.2. The molecule has 0 spiro atoms. The molecule has 1 aromatic rings. The van der Waals surface area contributed by atoms with Crippen LogP contribution in [0.4, 0.5) is 0 Å². The average Bonchev–Trinajstić information content (AvgIpc) is 2.73. The fourth-order valence-corrected chi connectivity index (χ4v) is 9.44. The topological polar surface area (TPSA) is 46.5 Å². The lowest BCUT2D eigenvalue weighted by Gasteiger charge is -2.78. The second-order valence-electron chi connectivity index (χ2n) is 12.2. The summed E-state index contributed by atoms with van der Waals surface area (Å²) in [5, 5.41) is 12.4. The van der Waals surface area contributed by atoms with Gasteiger partial charge in [-0.15, -0.1) is 0 Å². The van der Waals surface area contributed by atoms with Crippen LogP contribution in [0, 0.1) is 52.8 Å². The molecule has 8 rings (SSSR count). The van der Waals surface area contributed by atoms with Crippen molar-refractivity contribution in [2.24, 2.45) is 52.8 Å². The van der Waals surface area contributed by atoms with Crippen molar-refractivity contribution in [2.45, 2.75) is 77.4 Å². The highest BCUT2D eigenvalue weighted by Gasteiger charge is 2.85. The van der Waals surface area contributed by atoms with Gasteiger partial charge in [0.2, 0.25) is 0 Å². The number of rotatable bonds is 4. The van der Waals surface area contributed by atoms with Gasteiger partial charge in [0.25, 0.3) is 0 Å². The van der Waals surface area contributed by atoms with Crippen LogP contribution in [0.25, 0.3) is 0 Å². The molecule has 3 heteroatoms. The van der Waals surface area contributed by atoms with Crippen LogP contribution >= 0.6 is 0 Å². The van der Waals surface area contributed by atoms with Crippen LogP contribution in [0.15, 0.2) is 30.3 Å². The first kappa shape index (κ1) is 20.3. The molecule has 7 aliphatic rings. The summed E-state index contributed by atoms with van der Waals surface area (Å²) >= 11 is 0. The van der Waals surface area contributed by atoms with E-state index in [1.807, 2.05) is 30.3 Å². The Morgan fingerprint density at radius 3 is 2.55 bits per heavy atom. The first-order valence-corrected chi connectivity index (χ1v) is 12.9. The molecule has 1 N–H and O–H groups in total. The van der Waals surface area contributed by atoms with E-state index < -0.39 is 11.0 Å². The highest BCUT2D eigenvalue weighted by molar-refractivity contribution is 5.83. The van der Waals surface area contributed by atoms with Crippen molar-refractivity contribution in [3.63, 3.8) is 0 Å². The maximum atomic E-state index is 14.2. The smallest absolute Gasteiger partial charge is 0.316 e. The zero-order chi connectivity index (χ0) is 21.5. The van der Waals surface area contributed by atoms with Crippen molar-refractivity contribution >= 4 is 5.97 Å². The third-order valence-corrected chi connectivity index (χ3v) is 10.5. The molecule has 0 radical (unpaired) electrons. The highest BCUT2D eigenvalue weighted by atomic mass is 16.5. The molecule has 0 saturated heterocycles. The molecular formula is C28H38O3. The number of hydrogen-bond donors (Lipinski definition) is 1. The molecule has 31 heavy (non-hydrogen) atoms. The van der Waals surface area contributed by atoms with E-state index >= 15 is 0 Å². The van der Waals surface area contributed by atoms with Crippen LogP contribution in [-0.2, 0) is 15.1 Å². The Hall–Kier alpha value is -1.35. The van der Waals surface area contributed by atoms with Crippen LogP contribution in [0.3, 0.4) is 0 Å². The van der Waals surface area contributed by atoms with Gasteiger partial charge in [0.1, 0.15) is 17.1 Å². The second-order valence-corrected chi connectivity index (χ2v) is 12.2. The van der Waals surface area contributed by atoms with Crippen LogP contribution < -0.4 is 0 Å². The summed E-state index contributed by atoms with van der Waals surface area (Å²) in [6.45, 7) is 6.82. The van der Waals surface area contributed by atoms with Gasteiger partial charge in [0.15, 0.2) is 0 Å². The Labute approximate surface area is 187 Å². The summed E-state index contributed by atoms with van der Waals surface area (Å²) in [7, 11) is 0. The van der Waals surface area contributed by atoms with Crippen molar-refractivity contribution in [3.8, 4) is 0 Å². The quantitative estimate of drug-likeness (QED) is 0.646. The molecule has 7 fully saturated rings. The SMILES string of the molecule is CC(C)[C@H]1CC[C@@H](C)C[C@@H]1OC(=O)[C@@]12[C@H]3C[C@@H]4C[C@H](C3)[C@@H]([C@H]1C4)C2(O)c1ccccc1. The molecule has 3 nitrogen and oxygen atoms in total. The first-order valence-electron chi connectivity index (χ1n) is 12.9. The lowest BCUT2D eigenvalue weighted by Crippen LogP contribution is -2.82. The molecule has 1 aromatic carbocycles. The minimum atomic E-state index is -1.05. The van der Waals surface area contributed by atoms with Crippen LogP contribution in [0.5, 0.6) is 0 Å². The first-order chi connectivity index (χ1) is 14.9. The predicted molar refractivity (Wildman–Crippen MR) is 120 cm³/mol. The summed E-state index contributed by atoms with van der Waals surface area (Å²) in [6.07, 6.45) is 7.90. The van der Waals surface area contributed by atoms with Gasteiger partial charge in [-0.2, -0.15) is 0 Å². The Kier molecular flexibility index (Phi) is 4.46. The third kappa shape index (κ3) is 2.48. The van der Waals surface area contributed by atoms with Gasteiger partial charge in [-0.25, -0.2) is 0 Å². The number of carbonyl (C=O) groups excluding carboxylic acids is 1. The minimum absolute atomic E-state index is 0.00175. The number of ether oxygens (including phenoxy) is 1. The number of hydrogen-bond acceptors (Lipinski definition) is 3. The monoisotopic (exact) mass is 422 g/mol. The van der Waals surface area contributed by atoms with Gasteiger partial charge in [-0.05, 0) is 91.4 Å². The molecule has 7 saturated carbocycles. The van der Waals surface area contributed by atoms with Crippen molar-refractivity contribution in [2.75, 3.05) is 0 Å². The van der Waals surface area contributed by atoms with E-state index in [0.717, 1.165) is 43.6 Å². The Balaban J connectivity index is 1.39. The molecule has 0 aliphatic heterocycles. The Morgan fingerprint density at radius 1 is 1.06 bits per heavy atom. The van der Waals surface area contributed by atoms with Gasteiger partial charge in [0, 0.05) is 0 Å². The molecule has 6 bridgehead atoms. The van der Waals surface area contributed by atoms with Crippen molar-refractivity contribution in [3.05, 3.63) is 35.9 Å². The van der Waals surface area contributed by atoms with Crippen LogP contribution in [0.2, 0.25) is 0 Å². The van der Waals surface area contributed by atoms with Gasteiger partial charge in [0.05, 0.1) is 0 Å². The van der Waals surface area contributed by atoms with Crippen LogP contribution in [-0.4, -0.2) is 17.2 Å². The maximum Gasteiger partial charge on any atom is 0.316 e. The lowest BCUT2D eigenvalue weighted by molar-refractivity contribution is -0.369. The van der Waals surface area contributed by atoms with Gasteiger partial charge in [-0.1, -0.05) is 57.5 Å². The van der Waals surface area contributed by atoms with Crippen LogP contribution in [0.1, 0.15) is 71.3 Å². The molecule has 10 atom stereocenters. The minimum Gasteiger partial charge on any atom is -0.462 e. The van der Waals surface area contributed by atoms with Crippen molar-refractivity contribution in [1.82, 2.24) is 0 Å². The fraction of sp³-hybridized carbons (Fsp3) is 0.750. The maximum absolute atomic E-state index is 14.2. The largest absolute Gasteiger partial charge is 0.462 e. The number of esters is 1. The van der Waals surface area contributed by atoms with E-state index in [1.54, 1.807) is 0 Å². The van der Waals surface area contributed by atoms with Crippen molar-refractivity contribution < 1.29 is 14.6 Å². The van der Waals surface area contributed by atoms with Gasteiger partial charge < -0.3 is 9.84 Å². The Morgan fingerprint density at radius 2 is 1.84 bits per heavy atom. The molecule has 0 amide bonds. The number of benzene rings is 1. The standard InChI is InChI=1S/C28H38O3/c1-16(2)22-10-9-17(3)11-24(22)31-26(29)27-21-13-18-12-19(15-21)25(23(27)14-18)28(27,30)20-7-5-4-6-8-20/h4-8,16-19,21-25,30H,9-15H2,1-3H3/t17-,18+,19-,21+,22-,23-,24+,25+,27-,28?/m1/s1. The molecule has 168 valence electrons. The highest BCUT2D eigenvalue weighted by Crippen LogP contribution is 2.81.